The molecular weight excluding hydrogens is 434 g/mol. The highest BCUT2D eigenvalue weighted by Crippen LogP contribution is 2.30. The Morgan fingerprint density at radius 1 is 1.16 bits per heavy atom. The van der Waals surface area contributed by atoms with E-state index in [2.05, 4.69) is 15.5 Å². The fourth-order valence-electron chi connectivity index (χ4n) is 2.91. The number of thioether (sulfide) groups is 1. The van der Waals surface area contributed by atoms with Gasteiger partial charge in [-0.15, -0.1) is 21.5 Å². The van der Waals surface area contributed by atoms with Gasteiger partial charge in [-0.2, -0.15) is 0 Å². The van der Waals surface area contributed by atoms with Crippen molar-refractivity contribution in [1.29, 1.82) is 0 Å². The molecule has 0 aliphatic carbocycles. The summed E-state index contributed by atoms with van der Waals surface area (Å²) in [6, 6.07) is 18.0. The number of nitro benzene ring substituents is 1. The van der Waals surface area contributed by atoms with Crippen molar-refractivity contribution in [3.63, 3.8) is 0 Å². The number of hydrogen-bond donors (Lipinski definition) is 1. The molecule has 0 saturated carbocycles. The number of anilines is 1. The van der Waals surface area contributed by atoms with Crippen LogP contribution in [0.25, 0.3) is 16.4 Å². The molecule has 0 atom stereocenters. The Morgan fingerprint density at radius 3 is 2.68 bits per heavy atom. The van der Waals surface area contributed by atoms with Gasteiger partial charge in [0.15, 0.2) is 11.0 Å². The number of amides is 1. The van der Waals surface area contributed by atoms with Crippen molar-refractivity contribution in [1.82, 2.24) is 14.8 Å². The molecule has 0 fully saturated rings. The lowest BCUT2D eigenvalue weighted by molar-refractivity contribution is -0.384. The molecule has 0 bridgehead atoms. The molecule has 4 aromatic rings. The average Bonchev–Trinajstić information content (AvgIpc) is 3.44. The fraction of sp³-hybridized carbons (Fsp3) is 0.0952. The summed E-state index contributed by atoms with van der Waals surface area (Å²) in [5.74, 6) is 0.505. The number of nitro groups is 1. The van der Waals surface area contributed by atoms with Crippen molar-refractivity contribution >= 4 is 40.4 Å². The van der Waals surface area contributed by atoms with E-state index in [9.17, 15) is 14.9 Å². The number of carbonyl (C=O) groups is 1. The molecule has 0 saturated heterocycles. The fourth-order valence-corrected chi connectivity index (χ4v) is 4.36. The first kappa shape index (κ1) is 20.8. The minimum atomic E-state index is -0.488. The molecule has 10 heteroatoms. The lowest BCUT2D eigenvalue weighted by Gasteiger charge is -2.10. The van der Waals surface area contributed by atoms with Crippen LogP contribution >= 0.6 is 23.1 Å². The third-order valence-corrected chi connectivity index (χ3v) is 6.22. The van der Waals surface area contributed by atoms with Crippen LogP contribution in [0.5, 0.6) is 0 Å². The Kier molecular flexibility index (Phi) is 6.10. The summed E-state index contributed by atoms with van der Waals surface area (Å²) in [5, 5.41) is 24.9. The second-order valence-electron chi connectivity index (χ2n) is 6.55. The lowest BCUT2D eigenvalue weighted by Crippen LogP contribution is -2.15. The number of thiophene rings is 1. The first-order valence-corrected chi connectivity index (χ1v) is 11.1. The highest BCUT2D eigenvalue weighted by molar-refractivity contribution is 7.99. The zero-order valence-electron chi connectivity index (χ0n) is 16.4. The Balaban J connectivity index is 1.55. The molecule has 4 rings (SSSR count). The van der Waals surface area contributed by atoms with Gasteiger partial charge in [-0.3, -0.25) is 19.5 Å². The van der Waals surface area contributed by atoms with Crippen LogP contribution in [0.4, 0.5) is 11.4 Å². The average molecular weight is 452 g/mol. The Morgan fingerprint density at radius 2 is 1.97 bits per heavy atom. The van der Waals surface area contributed by atoms with Crippen molar-refractivity contribution in [2.24, 2.45) is 0 Å². The molecule has 2 aromatic carbocycles. The summed E-state index contributed by atoms with van der Waals surface area (Å²) in [7, 11) is 0. The first-order valence-electron chi connectivity index (χ1n) is 9.25. The van der Waals surface area contributed by atoms with Crippen LogP contribution in [0.2, 0.25) is 0 Å². The van der Waals surface area contributed by atoms with E-state index in [4.69, 9.17) is 0 Å². The number of hydrogen-bond acceptors (Lipinski definition) is 7. The topological polar surface area (TPSA) is 103 Å². The SMILES string of the molecule is Cc1ccc([N+](=O)[O-])cc1NC(=O)CSc1nnc(-c2cccs2)n1-c1ccccc1. The van der Waals surface area contributed by atoms with Gasteiger partial charge in [0.2, 0.25) is 5.91 Å². The smallest absolute Gasteiger partial charge is 0.271 e. The molecule has 0 aliphatic heterocycles. The molecule has 1 N–H and O–H groups in total. The van der Waals surface area contributed by atoms with Gasteiger partial charge in [-0.25, -0.2) is 0 Å². The van der Waals surface area contributed by atoms with Gasteiger partial charge in [0, 0.05) is 17.8 Å². The largest absolute Gasteiger partial charge is 0.325 e. The maximum Gasteiger partial charge on any atom is 0.271 e. The minimum absolute atomic E-state index is 0.0713. The molecule has 2 heterocycles. The van der Waals surface area contributed by atoms with Gasteiger partial charge >= 0.3 is 0 Å². The summed E-state index contributed by atoms with van der Waals surface area (Å²) in [4.78, 5) is 24.0. The zero-order chi connectivity index (χ0) is 21.8. The number of para-hydroxylation sites is 1. The number of nitrogens with one attached hydrogen (secondary N) is 1. The zero-order valence-corrected chi connectivity index (χ0v) is 18.0. The number of non-ortho nitro benzene ring substituents is 1. The molecule has 0 radical (unpaired) electrons. The predicted molar refractivity (Wildman–Crippen MR) is 122 cm³/mol. The van der Waals surface area contributed by atoms with Gasteiger partial charge in [0.1, 0.15) is 0 Å². The molecule has 2 aromatic heterocycles. The van der Waals surface area contributed by atoms with Crippen molar-refractivity contribution < 1.29 is 9.72 Å². The molecule has 8 nitrogen and oxygen atoms in total. The molecule has 0 unspecified atom stereocenters. The Labute approximate surface area is 186 Å². The van der Waals surface area contributed by atoms with Crippen LogP contribution in [0, 0.1) is 17.0 Å². The van der Waals surface area contributed by atoms with Crippen LogP contribution in [0.3, 0.4) is 0 Å². The van der Waals surface area contributed by atoms with E-state index in [0.717, 1.165) is 16.1 Å². The summed E-state index contributed by atoms with van der Waals surface area (Å²) in [6.45, 7) is 1.78. The number of nitrogens with zero attached hydrogens (tertiary/aromatic N) is 4. The van der Waals surface area contributed by atoms with Gasteiger partial charge < -0.3 is 5.32 Å². The van der Waals surface area contributed by atoms with Crippen LogP contribution < -0.4 is 5.32 Å². The monoisotopic (exact) mass is 451 g/mol. The highest BCUT2D eigenvalue weighted by atomic mass is 32.2. The van der Waals surface area contributed by atoms with Gasteiger partial charge in [0.05, 0.1) is 21.2 Å². The van der Waals surface area contributed by atoms with E-state index >= 15 is 0 Å². The maximum atomic E-state index is 12.5. The molecule has 1 amide bonds. The summed E-state index contributed by atoms with van der Waals surface area (Å²) < 4.78 is 1.92. The summed E-state index contributed by atoms with van der Waals surface area (Å²) >= 11 is 2.81. The van der Waals surface area contributed by atoms with Gasteiger partial charge in [-0.05, 0) is 36.1 Å². The number of aromatic nitrogens is 3. The Bertz CT molecular complexity index is 1220. The number of rotatable bonds is 7. The number of benzene rings is 2. The normalized spacial score (nSPS) is 10.7. The molecule has 0 aliphatic rings. The van der Waals surface area contributed by atoms with Crippen LogP contribution in [0.15, 0.2) is 71.2 Å². The summed E-state index contributed by atoms with van der Waals surface area (Å²) in [6.07, 6.45) is 0. The van der Waals surface area contributed by atoms with Crippen molar-refractivity contribution in [3.05, 3.63) is 81.7 Å². The number of aryl methyl sites for hydroxylation is 1. The van der Waals surface area contributed by atoms with E-state index in [1.807, 2.05) is 52.4 Å². The van der Waals surface area contributed by atoms with E-state index in [0.29, 0.717) is 16.7 Å². The first-order chi connectivity index (χ1) is 15.0. The third kappa shape index (κ3) is 4.65. The maximum absolute atomic E-state index is 12.5. The van der Waals surface area contributed by atoms with Gasteiger partial charge in [-0.1, -0.05) is 42.1 Å². The predicted octanol–water partition coefficient (Wildman–Crippen LogP) is 4.94. The van der Waals surface area contributed by atoms with E-state index < -0.39 is 4.92 Å². The Hall–Kier alpha value is -3.50. The van der Waals surface area contributed by atoms with E-state index in [1.165, 1.54) is 23.9 Å². The van der Waals surface area contributed by atoms with Crippen LogP contribution in [0.1, 0.15) is 5.56 Å². The summed E-state index contributed by atoms with van der Waals surface area (Å²) in [5.41, 5.74) is 1.99. The second-order valence-corrected chi connectivity index (χ2v) is 8.44. The quantitative estimate of drug-likeness (QED) is 0.242. The van der Waals surface area contributed by atoms with Crippen molar-refractivity contribution in [3.8, 4) is 16.4 Å². The van der Waals surface area contributed by atoms with Crippen molar-refractivity contribution in [2.75, 3.05) is 11.1 Å². The van der Waals surface area contributed by atoms with E-state index in [-0.39, 0.29) is 17.3 Å². The third-order valence-electron chi connectivity index (χ3n) is 4.43. The molecule has 156 valence electrons. The van der Waals surface area contributed by atoms with Crippen LogP contribution in [-0.4, -0.2) is 31.3 Å². The lowest BCUT2D eigenvalue weighted by atomic mass is 10.2. The molecule has 31 heavy (non-hydrogen) atoms. The second kappa shape index (κ2) is 9.11. The standard InChI is InChI=1S/C21H17N5O3S2/c1-14-9-10-16(26(28)29)12-17(14)22-19(27)13-31-21-24-23-20(18-8-5-11-30-18)25(21)15-6-3-2-4-7-15/h2-12H,13H2,1H3,(H,22,27). The minimum Gasteiger partial charge on any atom is -0.325 e. The van der Waals surface area contributed by atoms with Gasteiger partial charge in [0.25, 0.3) is 5.69 Å². The van der Waals surface area contributed by atoms with Crippen LogP contribution in [-0.2, 0) is 4.79 Å². The highest BCUT2D eigenvalue weighted by Gasteiger charge is 2.18. The number of carbonyl (C=O) groups excluding carboxylic acids is 1. The van der Waals surface area contributed by atoms with E-state index in [1.54, 1.807) is 24.3 Å². The molecular formula is C21H17N5O3S2. The molecule has 0 spiro atoms. The van der Waals surface area contributed by atoms with Crippen molar-refractivity contribution in [2.45, 2.75) is 12.1 Å².